The number of methoxy groups -OCH3 is 3. The first-order chi connectivity index (χ1) is 11.1. The second kappa shape index (κ2) is 5.83. The summed E-state index contributed by atoms with van der Waals surface area (Å²) in [7, 11) is 6.42. The summed E-state index contributed by atoms with van der Waals surface area (Å²) in [5.41, 5.74) is 2.43. The SMILES string of the molecule is COc1cc2c(c(OC)c1OC)C(=O)N(C)[C@H]2c1ccccc1. The predicted octanol–water partition coefficient (Wildman–Crippen LogP) is 2.89. The maximum absolute atomic E-state index is 12.8. The molecule has 5 heteroatoms. The van der Waals surface area contributed by atoms with E-state index in [1.165, 1.54) is 14.2 Å². The number of rotatable bonds is 4. The molecule has 0 N–H and O–H groups in total. The first-order valence-electron chi connectivity index (χ1n) is 7.29. The number of hydrogen-bond acceptors (Lipinski definition) is 4. The van der Waals surface area contributed by atoms with Crippen LogP contribution in [0.1, 0.15) is 27.5 Å². The molecule has 2 aromatic rings. The van der Waals surface area contributed by atoms with E-state index >= 15 is 0 Å². The summed E-state index contributed by atoms with van der Waals surface area (Å²) in [6.45, 7) is 0. The van der Waals surface area contributed by atoms with Crippen molar-refractivity contribution in [2.24, 2.45) is 0 Å². The molecular formula is C18H19NO4. The van der Waals surface area contributed by atoms with E-state index in [4.69, 9.17) is 14.2 Å². The number of carbonyl (C=O) groups excluding carboxylic acids is 1. The minimum absolute atomic E-state index is 0.0911. The van der Waals surface area contributed by atoms with Crippen LogP contribution >= 0.6 is 0 Å². The van der Waals surface area contributed by atoms with Crippen LogP contribution < -0.4 is 14.2 Å². The molecular weight excluding hydrogens is 294 g/mol. The van der Waals surface area contributed by atoms with Gasteiger partial charge in [-0.2, -0.15) is 0 Å². The molecule has 5 nitrogen and oxygen atoms in total. The van der Waals surface area contributed by atoms with E-state index in [2.05, 4.69) is 0 Å². The molecule has 1 amide bonds. The largest absolute Gasteiger partial charge is 0.493 e. The minimum Gasteiger partial charge on any atom is -0.493 e. The maximum atomic E-state index is 12.8. The second-order valence-electron chi connectivity index (χ2n) is 5.34. The second-order valence-corrected chi connectivity index (χ2v) is 5.34. The highest BCUT2D eigenvalue weighted by Gasteiger charge is 2.40. The highest BCUT2D eigenvalue weighted by molar-refractivity contribution is 6.03. The third-order valence-corrected chi connectivity index (χ3v) is 4.19. The van der Waals surface area contributed by atoms with Crippen LogP contribution in [0, 0.1) is 0 Å². The zero-order valence-corrected chi connectivity index (χ0v) is 13.6. The molecule has 1 heterocycles. The zero-order chi connectivity index (χ0) is 16.6. The average molecular weight is 313 g/mol. The van der Waals surface area contributed by atoms with Gasteiger partial charge in [-0.3, -0.25) is 4.79 Å². The molecule has 0 radical (unpaired) electrons. The average Bonchev–Trinajstić information content (AvgIpc) is 2.84. The number of ether oxygens (including phenoxy) is 3. The van der Waals surface area contributed by atoms with Gasteiger partial charge in [-0.05, 0) is 17.2 Å². The molecule has 0 aromatic heterocycles. The summed E-state index contributed by atoms with van der Waals surface area (Å²) in [5, 5.41) is 0. The number of nitrogens with zero attached hydrogens (tertiary/aromatic N) is 1. The van der Waals surface area contributed by atoms with Gasteiger partial charge in [0.2, 0.25) is 5.75 Å². The van der Waals surface area contributed by atoms with Crippen LogP contribution in [-0.4, -0.2) is 39.2 Å². The normalized spacial score (nSPS) is 16.3. The van der Waals surface area contributed by atoms with Crippen LogP contribution in [0.15, 0.2) is 36.4 Å². The molecule has 1 aliphatic rings. The van der Waals surface area contributed by atoms with E-state index in [0.717, 1.165) is 11.1 Å². The summed E-state index contributed by atoms with van der Waals surface area (Å²) < 4.78 is 16.3. The lowest BCUT2D eigenvalue weighted by atomic mass is 9.96. The van der Waals surface area contributed by atoms with Gasteiger partial charge in [-0.15, -0.1) is 0 Å². The number of fused-ring (bicyclic) bond motifs is 1. The van der Waals surface area contributed by atoms with Crippen molar-refractivity contribution in [3.05, 3.63) is 53.1 Å². The zero-order valence-electron chi connectivity index (χ0n) is 13.6. The molecule has 0 aliphatic carbocycles. The van der Waals surface area contributed by atoms with E-state index in [0.29, 0.717) is 22.8 Å². The van der Waals surface area contributed by atoms with Gasteiger partial charge in [0.25, 0.3) is 5.91 Å². The van der Waals surface area contributed by atoms with E-state index in [1.54, 1.807) is 19.1 Å². The van der Waals surface area contributed by atoms with Gasteiger partial charge >= 0.3 is 0 Å². The molecule has 2 aromatic carbocycles. The summed E-state index contributed by atoms with van der Waals surface area (Å²) in [6.07, 6.45) is 0. The van der Waals surface area contributed by atoms with Crippen LogP contribution in [0.4, 0.5) is 0 Å². The highest BCUT2D eigenvalue weighted by Crippen LogP contribution is 2.49. The molecule has 0 spiro atoms. The van der Waals surface area contributed by atoms with Crippen molar-refractivity contribution < 1.29 is 19.0 Å². The first kappa shape index (κ1) is 15.2. The van der Waals surface area contributed by atoms with Gasteiger partial charge in [0, 0.05) is 7.05 Å². The van der Waals surface area contributed by atoms with Gasteiger partial charge in [-0.25, -0.2) is 0 Å². The van der Waals surface area contributed by atoms with Gasteiger partial charge in [0.05, 0.1) is 32.9 Å². The fourth-order valence-corrected chi connectivity index (χ4v) is 3.15. The Morgan fingerprint density at radius 3 is 2.17 bits per heavy atom. The number of carbonyl (C=O) groups is 1. The van der Waals surface area contributed by atoms with Crippen LogP contribution in [-0.2, 0) is 0 Å². The van der Waals surface area contributed by atoms with Crippen molar-refractivity contribution in [1.82, 2.24) is 4.90 Å². The van der Waals surface area contributed by atoms with Crippen LogP contribution in [0.25, 0.3) is 0 Å². The van der Waals surface area contributed by atoms with E-state index in [-0.39, 0.29) is 11.9 Å². The summed E-state index contributed by atoms with van der Waals surface area (Å²) >= 11 is 0. The molecule has 0 fully saturated rings. The van der Waals surface area contributed by atoms with Gasteiger partial charge in [0.15, 0.2) is 11.5 Å². The number of hydrogen-bond donors (Lipinski definition) is 0. The lowest BCUT2D eigenvalue weighted by Crippen LogP contribution is -2.23. The third kappa shape index (κ3) is 2.20. The minimum atomic E-state index is -0.174. The standard InChI is InChI=1S/C18H19NO4/c1-19-15(11-8-6-5-7-9-11)12-10-13(21-2)16(22-3)17(23-4)14(12)18(19)20/h5-10,15H,1-4H3/t15-/m0/s1. The van der Waals surface area contributed by atoms with Crippen molar-refractivity contribution in [1.29, 1.82) is 0 Å². The quantitative estimate of drug-likeness (QED) is 0.871. The lowest BCUT2D eigenvalue weighted by molar-refractivity contribution is 0.0791. The highest BCUT2D eigenvalue weighted by atomic mass is 16.5. The first-order valence-corrected chi connectivity index (χ1v) is 7.29. The van der Waals surface area contributed by atoms with E-state index in [9.17, 15) is 4.79 Å². The van der Waals surface area contributed by atoms with Crippen molar-refractivity contribution in [3.63, 3.8) is 0 Å². The summed E-state index contributed by atoms with van der Waals surface area (Å²) in [6, 6.07) is 11.6. The van der Waals surface area contributed by atoms with Crippen molar-refractivity contribution in [3.8, 4) is 17.2 Å². The van der Waals surface area contributed by atoms with Gasteiger partial charge in [-0.1, -0.05) is 30.3 Å². The molecule has 0 unspecified atom stereocenters. The number of amides is 1. The monoisotopic (exact) mass is 313 g/mol. The predicted molar refractivity (Wildman–Crippen MR) is 86.5 cm³/mol. The van der Waals surface area contributed by atoms with Crippen molar-refractivity contribution in [2.75, 3.05) is 28.4 Å². The lowest BCUT2D eigenvalue weighted by Gasteiger charge is -2.21. The molecule has 23 heavy (non-hydrogen) atoms. The Labute approximate surface area is 135 Å². The Balaban J connectivity index is 2.28. The Bertz CT molecular complexity index is 742. The number of benzene rings is 2. The maximum Gasteiger partial charge on any atom is 0.258 e. The van der Waals surface area contributed by atoms with Crippen molar-refractivity contribution >= 4 is 5.91 Å². The van der Waals surface area contributed by atoms with Crippen LogP contribution in [0.3, 0.4) is 0 Å². The fraction of sp³-hybridized carbons (Fsp3) is 0.278. The van der Waals surface area contributed by atoms with Crippen LogP contribution in [0.5, 0.6) is 17.2 Å². The Kier molecular flexibility index (Phi) is 3.86. The molecule has 120 valence electrons. The Morgan fingerprint density at radius 1 is 0.957 bits per heavy atom. The van der Waals surface area contributed by atoms with Crippen LogP contribution in [0.2, 0.25) is 0 Å². The van der Waals surface area contributed by atoms with E-state index in [1.807, 2.05) is 36.4 Å². The molecule has 0 bridgehead atoms. The third-order valence-electron chi connectivity index (χ3n) is 4.19. The summed E-state index contributed by atoms with van der Waals surface area (Å²) in [5.74, 6) is 1.31. The fourth-order valence-electron chi connectivity index (χ4n) is 3.15. The van der Waals surface area contributed by atoms with Gasteiger partial charge in [0.1, 0.15) is 0 Å². The molecule has 1 aliphatic heterocycles. The molecule has 3 rings (SSSR count). The molecule has 0 saturated carbocycles. The van der Waals surface area contributed by atoms with Gasteiger partial charge < -0.3 is 19.1 Å². The Hall–Kier alpha value is -2.69. The topological polar surface area (TPSA) is 48.0 Å². The Morgan fingerprint density at radius 2 is 1.61 bits per heavy atom. The molecule has 1 atom stereocenters. The van der Waals surface area contributed by atoms with E-state index < -0.39 is 0 Å². The van der Waals surface area contributed by atoms with Crippen molar-refractivity contribution in [2.45, 2.75) is 6.04 Å². The summed E-state index contributed by atoms with van der Waals surface area (Å²) in [4.78, 5) is 14.5. The molecule has 0 saturated heterocycles. The smallest absolute Gasteiger partial charge is 0.258 e.